The molecular weight excluding hydrogens is 229 g/mol. The van der Waals surface area contributed by atoms with E-state index in [2.05, 4.69) is 11.6 Å². The monoisotopic (exact) mass is 243 g/mol. The summed E-state index contributed by atoms with van der Waals surface area (Å²) in [4.78, 5) is 16.4. The molecule has 0 unspecified atom stereocenters. The van der Waals surface area contributed by atoms with Crippen molar-refractivity contribution in [3.8, 4) is 0 Å². The van der Waals surface area contributed by atoms with Crippen molar-refractivity contribution in [2.75, 3.05) is 0 Å². The van der Waals surface area contributed by atoms with E-state index in [4.69, 9.17) is 0 Å². The molecule has 2 rings (SSSR count). The lowest BCUT2D eigenvalue weighted by atomic mass is 10.0. The van der Waals surface area contributed by atoms with Gasteiger partial charge in [-0.3, -0.25) is 9.79 Å². The van der Waals surface area contributed by atoms with Gasteiger partial charge in [0, 0.05) is 17.3 Å². The molecule has 3 heteroatoms. The molecule has 0 aliphatic heterocycles. The summed E-state index contributed by atoms with van der Waals surface area (Å²) >= 11 is 0. The second-order valence-electron chi connectivity index (χ2n) is 4.13. The Morgan fingerprint density at radius 3 is 2.89 bits per heavy atom. The molecule has 0 spiro atoms. The number of carbonyl (C=O) groups excluding carboxylic acids is 1. The van der Waals surface area contributed by atoms with Crippen LogP contribution in [0.15, 0.2) is 47.6 Å². The van der Waals surface area contributed by atoms with E-state index < -0.39 is 0 Å². The van der Waals surface area contributed by atoms with Crippen molar-refractivity contribution < 1.29 is 9.18 Å². The average molecular weight is 243 g/mol. The topological polar surface area (TPSA) is 29.4 Å². The maximum absolute atomic E-state index is 13.7. The van der Waals surface area contributed by atoms with Crippen molar-refractivity contribution in [3.05, 3.63) is 59.6 Å². The van der Waals surface area contributed by atoms with Crippen LogP contribution in [0.25, 0.3) is 0 Å². The number of halogens is 1. The maximum atomic E-state index is 13.7. The first-order valence-electron chi connectivity index (χ1n) is 5.84. The van der Waals surface area contributed by atoms with Crippen LogP contribution in [0.5, 0.6) is 0 Å². The van der Waals surface area contributed by atoms with E-state index in [1.807, 2.05) is 6.92 Å². The number of rotatable bonds is 1. The van der Waals surface area contributed by atoms with Gasteiger partial charge >= 0.3 is 0 Å². The minimum atomic E-state index is -0.332. The van der Waals surface area contributed by atoms with Gasteiger partial charge in [-0.25, -0.2) is 4.39 Å². The summed E-state index contributed by atoms with van der Waals surface area (Å²) in [5.41, 5.74) is 1.87. The number of fused-ring (bicyclic) bond motifs is 1. The van der Waals surface area contributed by atoms with E-state index in [9.17, 15) is 9.18 Å². The van der Waals surface area contributed by atoms with E-state index in [0.717, 1.165) is 0 Å². The molecule has 0 radical (unpaired) electrons. The number of Topliss-reactive ketones (excluding diaryl/α,β-unsaturated/α-hetero) is 1. The Morgan fingerprint density at radius 1 is 1.39 bits per heavy atom. The van der Waals surface area contributed by atoms with Crippen LogP contribution < -0.4 is 0 Å². The summed E-state index contributed by atoms with van der Waals surface area (Å²) in [6, 6.07) is 4.57. The average Bonchev–Trinajstić information content (AvgIpc) is 2.49. The summed E-state index contributed by atoms with van der Waals surface area (Å²) in [6.45, 7) is 5.63. The van der Waals surface area contributed by atoms with Gasteiger partial charge in [-0.15, -0.1) is 0 Å². The number of hydrogen-bond donors (Lipinski definition) is 0. The molecule has 18 heavy (non-hydrogen) atoms. The lowest BCUT2D eigenvalue weighted by Gasteiger charge is -2.04. The summed E-state index contributed by atoms with van der Waals surface area (Å²) in [5, 5.41) is 0. The summed E-state index contributed by atoms with van der Waals surface area (Å²) in [5.74, 6) is -0.564. The third kappa shape index (κ3) is 2.16. The van der Waals surface area contributed by atoms with E-state index in [1.165, 1.54) is 6.07 Å². The first-order chi connectivity index (χ1) is 8.65. The lowest BCUT2D eigenvalue weighted by molar-refractivity contribution is 0.104. The SMILES string of the molecule is C=C1C(=O)c2cccc(F)c2CCC1=N/C=C\C. The normalized spacial score (nSPS) is 18.2. The van der Waals surface area contributed by atoms with Crippen LogP contribution in [-0.4, -0.2) is 11.5 Å². The first-order valence-corrected chi connectivity index (χ1v) is 5.84. The molecule has 92 valence electrons. The molecule has 0 fully saturated rings. The minimum absolute atomic E-state index is 0.231. The van der Waals surface area contributed by atoms with Crippen molar-refractivity contribution in [1.29, 1.82) is 0 Å². The number of ketones is 1. The van der Waals surface area contributed by atoms with Crippen molar-refractivity contribution in [2.24, 2.45) is 4.99 Å². The number of benzene rings is 1. The van der Waals surface area contributed by atoms with Gasteiger partial charge in [0.05, 0.1) is 5.71 Å². The molecule has 1 aliphatic carbocycles. The fourth-order valence-corrected chi connectivity index (χ4v) is 2.02. The van der Waals surface area contributed by atoms with Crippen LogP contribution in [0.4, 0.5) is 4.39 Å². The van der Waals surface area contributed by atoms with Gasteiger partial charge < -0.3 is 0 Å². The van der Waals surface area contributed by atoms with Gasteiger partial charge in [0.1, 0.15) is 5.82 Å². The van der Waals surface area contributed by atoms with Crippen LogP contribution in [0.3, 0.4) is 0 Å². The zero-order valence-corrected chi connectivity index (χ0v) is 10.2. The smallest absolute Gasteiger partial charge is 0.194 e. The molecule has 1 aromatic carbocycles. The zero-order chi connectivity index (χ0) is 13.1. The van der Waals surface area contributed by atoms with Crippen LogP contribution in [-0.2, 0) is 6.42 Å². The van der Waals surface area contributed by atoms with Gasteiger partial charge in [-0.05, 0) is 31.4 Å². The van der Waals surface area contributed by atoms with Gasteiger partial charge in [-0.1, -0.05) is 24.8 Å². The predicted octanol–water partition coefficient (Wildman–Crippen LogP) is 3.49. The van der Waals surface area contributed by atoms with Crippen molar-refractivity contribution in [1.82, 2.24) is 0 Å². The van der Waals surface area contributed by atoms with Gasteiger partial charge in [0.15, 0.2) is 5.78 Å². The predicted molar refractivity (Wildman–Crippen MR) is 70.4 cm³/mol. The summed E-state index contributed by atoms with van der Waals surface area (Å²) < 4.78 is 13.7. The number of carbonyl (C=O) groups is 1. The van der Waals surface area contributed by atoms with Crippen molar-refractivity contribution in [2.45, 2.75) is 19.8 Å². The molecule has 0 heterocycles. The molecule has 0 saturated carbocycles. The Labute approximate surface area is 106 Å². The quantitative estimate of drug-likeness (QED) is 0.548. The zero-order valence-electron chi connectivity index (χ0n) is 10.2. The van der Waals surface area contributed by atoms with E-state index >= 15 is 0 Å². The van der Waals surface area contributed by atoms with Crippen LogP contribution in [0.1, 0.15) is 29.3 Å². The van der Waals surface area contributed by atoms with Crippen molar-refractivity contribution >= 4 is 11.5 Å². The van der Waals surface area contributed by atoms with Crippen LogP contribution in [0.2, 0.25) is 0 Å². The molecule has 0 bridgehead atoms. The molecule has 1 aromatic rings. The molecule has 0 atom stereocenters. The number of hydrogen-bond acceptors (Lipinski definition) is 2. The number of aliphatic imine (C=N–C) groups is 1. The van der Waals surface area contributed by atoms with Crippen LogP contribution in [0, 0.1) is 5.82 Å². The van der Waals surface area contributed by atoms with E-state index in [0.29, 0.717) is 35.3 Å². The highest BCUT2D eigenvalue weighted by molar-refractivity contribution is 6.28. The molecule has 0 amide bonds. The molecule has 0 N–H and O–H groups in total. The standard InChI is InChI=1S/C15H14FNO/c1-3-9-17-14-8-7-11-12(15(18)10(14)2)5-4-6-13(11)16/h3-6,9H,2,7-8H2,1H3/b9-3-,17-14?. The van der Waals surface area contributed by atoms with Gasteiger partial charge in [-0.2, -0.15) is 0 Å². The summed E-state index contributed by atoms with van der Waals surface area (Å²) in [7, 11) is 0. The third-order valence-electron chi connectivity index (χ3n) is 2.98. The highest BCUT2D eigenvalue weighted by Gasteiger charge is 2.24. The molecule has 0 aromatic heterocycles. The lowest BCUT2D eigenvalue weighted by Crippen LogP contribution is -2.09. The molecular formula is C15H14FNO. The Kier molecular flexibility index (Phi) is 3.51. The Morgan fingerprint density at radius 2 is 2.17 bits per heavy atom. The van der Waals surface area contributed by atoms with Gasteiger partial charge in [0.2, 0.25) is 0 Å². The number of nitrogens with zero attached hydrogens (tertiary/aromatic N) is 1. The second kappa shape index (κ2) is 5.08. The Hall–Kier alpha value is -2.03. The summed E-state index contributed by atoms with van der Waals surface area (Å²) in [6.07, 6.45) is 4.41. The fourth-order valence-electron chi connectivity index (χ4n) is 2.02. The largest absolute Gasteiger partial charge is 0.289 e. The third-order valence-corrected chi connectivity index (χ3v) is 2.98. The van der Waals surface area contributed by atoms with Crippen molar-refractivity contribution in [3.63, 3.8) is 0 Å². The first kappa shape index (κ1) is 12.4. The maximum Gasteiger partial charge on any atom is 0.194 e. The van der Waals surface area contributed by atoms with E-state index in [-0.39, 0.29) is 11.6 Å². The molecule has 2 nitrogen and oxygen atoms in total. The molecule has 0 saturated heterocycles. The fraction of sp³-hybridized carbons (Fsp3) is 0.200. The Bertz CT molecular complexity index is 570. The highest BCUT2D eigenvalue weighted by Crippen LogP contribution is 2.24. The highest BCUT2D eigenvalue weighted by atomic mass is 19.1. The Balaban J connectivity index is 2.49. The molecule has 1 aliphatic rings. The van der Waals surface area contributed by atoms with E-state index in [1.54, 1.807) is 24.4 Å². The minimum Gasteiger partial charge on any atom is -0.289 e. The second-order valence-corrected chi connectivity index (χ2v) is 4.13. The van der Waals surface area contributed by atoms with Gasteiger partial charge in [0.25, 0.3) is 0 Å². The number of allylic oxidation sites excluding steroid dienone is 2. The van der Waals surface area contributed by atoms with Crippen LogP contribution >= 0.6 is 0 Å².